The van der Waals surface area contributed by atoms with E-state index in [2.05, 4.69) is 5.32 Å². The highest BCUT2D eigenvalue weighted by molar-refractivity contribution is 5.46. The maximum Gasteiger partial charge on any atom is 0.263 e. The second-order valence-corrected chi connectivity index (χ2v) is 3.84. The molecular weight excluding hydrogens is 212 g/mol. The number of rotatable bonds is 6. The number of halogens is 2. The molecule has 0 fully saturated rings. The van der Waals surface area contributed by atoms with Crippen LogP contribution in [-0.2, 0) is 0 Å². The summed E-state index contributed by atoms with van der Waals surface area (Å²) in [6, 6.07) is 6.42. The van der Waals surface area contributed by atoms with Gasteiger partial charge in [-0.3, -0.25) is 0 Å². The van der Waals surface area contributed by atoms with Gasteiger partial charge in [-0.05, 0) is 31.9 Å². The number of anilines is 1. The number of nitrogens with one attached hydrogen (secondary N) is 1. The largest absolute Gasteiger partial charge is 0.396 e. The van der Waals surface area contributed by atoms with Gasteiger partial charge in [0, 0.05) is 23.9 Å². The molecule has 16 heavy (non-hydrogen) atoms. The standard InChI is InChI=1S/C12H17F2NO/c1-9(4-3-7-16)15-11-6-2-5-10(8-11)12(13)14/h2,5-6,8-9,12,15-16H,3-4,7H2,1H3. The highest BCUT2D eigenvalue weighted by Gasteiger charge is 2.08. The second kappa shape index (κ2) is 6.43. The zero-order chi connectivity index (χ0) is 12.0. The van der Waals surface area contributed by atoms with E-state index in [-0.39, 0.29) is 18.2 Å². The highest BCUT2D eigenvalue weighted by Crippen LogP contribution is 2.22. The first-order valence-electron chi connectivity index (χ1n) is 5.39. The molecule has 1 rings (SSSR count). The van der Waals surface area contributed by atoms with Crippen LogP contribution in [0.1, 0.15) is 31.8 Å². The van der Waals surface area contributed by atoms with E-state index in [9.17, 15) is 8.78 Å². The lowest BCUT2D eigenvalue weighted by Gasteiger charge is -2.15. The Hall–Kier alpha value is -1.16. The first-order chi connectivity index (χ1) is 7.63. The van der Waals surface area contributed by atoms with Crippen molar-refractivity contribution in [1.29, 1.82) is 0 Å². The molecule has 0 radical (unpaired) electrons. The van der Waals surface area contributed by atoms with E-state index >= 15 is 0 Å². The molecule has 1 aromatic rings. The third-order valence-electron chi connectivity index (χ3n) is 2.35. The van der Waals surface area contributed by atoms with Crippen molar-refractivity contribution < 1.29 is 13.9 Å². The van der Waals surface area contributed by atoms with Crippen molar-refractivity contribution in [3.05, 3.63) is 29.8 Å². The van der Waals surface area contributed by atoms with Gasteiger partial charge in [0.2, 0.25) is 0 Å². The first kappa shape index (κ1) is 12.9. The lowest BCUT2D eigenvalue weighted by molar-refractivity contribution is 0.151. The van der Waals surface area contributed by atoms with Gasteiger partial charge in [-0.15, -0.1) is 0 Å². The number of aliphatic hydroxyl groups excluding tert-OH is 1. The minimum atomic E-state index is -2.44. The Morgan fingerprint density at radius 2 is 2.12 bits per heavy atom. The van der Waals surface area contributed by atoms with E-state index in [1.165, 1.54) is 12.1 Å². The molecule has 0 heterocycles. The lowest BCUT2D eigenvalue weighted by atomic mass is 10.1. The molecule has 0 bridgehead atoms. The summed E-state index contributed by atoms with van der Waals surface area (Å²) in [6.07, 6.45) is -0.910. The molecule has 0 saturated carbocycles. The Kier molecular flexibility index (Phi) is 5.19. The van der Waals surface area contributed by atoms with Gasteiger partial charge in [0.1, 0.15) is 0 Å². The van der Waals surface area contributed by atoms with Gasteiger partial charge < -0.3 is 10.4 Å². The molecule has 0 amide bonds. The molecule has 90 valence electrons. The predicted octanol–water partition coefficient (Wildman–Crippen LogP) is 3.20. The fourth-order valence-electron chi connectivity index (χ4n) is 1.52. The van der Waals surface area contributed by atoms with Crippen LogP contribution in [0.25, 0.3) is 0 Å². The summed E-state index contributed by atoms with van der Waals surface area (Å²) in [5.74, 6) is 0. The van der Waals surface area contributed by atoms with E-state index in [4.69, 9.17) is 5.11 Å². The van der Waals surface area contributed by atoms with Crippen LogP contribution in [-0.4, -0.2) is 17.8 Å². The number of benzene rings is 1. The fourth-order valence-corrected chi connectivity index (χ4v) is 1.52. The van der Waals surface area contributed by atoms with Crippen LogP contribution in [0.3, 0.4) is 0 Å². The van der Waals surface area contributed by atoms with E-state index in [1.54, 1.807) is 12.1 Å². The Balaban J connectivity index is 2.56. The number of aliphatic hydroxyl groups is 1. The van der Waals surface area contributed by atoms with Crippen LogP contribution in [0, 0.1) is 0 Å². The van der Waals surface area contributed by atoms with Crippen LogP contribution >= 0.6 is 0 Å². The molecular formula is C12H17F2NO. The first-order valence-corrected chi connectivity index (χ1v) is 5.39. The second-order valence-electron chi connectivity index (χ2n) is 3.84. The Morgan fingerprint density at radius 1 is 1.38 bits per heavy atom. The molecule has 1 atom stereocenters. The lowest BCUT2D eigenvalue weighted by Crippen LogP contribution is -2.15. The highest BCUT2D eigenvalue weighted by atomic mass is 19.3. The predicted molar refractivity (Wildman–Crippen MR) is 60.8 cm³/mol. The van der Waals surface area contributed by atoms with E-state index in [0.29, 0.717) is 12.1 Å². The van der Waals surface area contributed by atoms with E-state index in [0.717, 1.165) is 6.42 Å². The fraction of sp³-hybridized carbons (Fsp3) is 0.500. The number of alkyl halides is 2. The van der Waals surface area contributed by atoms with Gasteiger partial charge in [-0.1, -0.05) is 12.1 Å². The van der Waals surface area contributed by atoms with Crippen molar-refractivity contribution in [2.24, 2.45) is 0 Å². The van der Waals surface area contributed by atoms with E-state index < -0.39 is 6.43 Å². The monoisotopic (exact) mass is 229 g/mol. The molecule has 1 aromatic carbocycles. The van der Waals surface area contributed by atoms with Gasteiger partial charge >= 0.3 is 0 Å². The normalized spacial score (nSPS) is 12.8. The van der Waals surface area contributed by atoms with Crippen molar-refractivity contribution in [2.45, 2.75) is 32.2 Å². The van der Waals surface area contributed by atoms with Crippen LogP contribution in [0.5, 0.6) is 0 Å². The average molecular weight is 229 g/mol. The van der Waals surface area contributed by atoms with Crippen molar-refractivity contribution >= 4 is 5.69 Å². The van der Waals surface area contributed by atoms with Gasteiger partial charge in [0.25, 0.3) is 6.43 Å². The summed E-state index contributed by atoms with van der Waals surface area (Å²) in [5.41, 5.74) is 0.725. The van der Waals surface area contributed by atoms with Crippen LogP contribution in [0.15, 0.2) is 24.3 Å². The van der Waals surface area contributed by atoms with Crippen molar-refractivity contribution in [2.75, 3.05) is 11.9 Å². The molecule has 0 aliphatic heterocycles. The van der Waals surface area contributed by atoms with Crippen LogP contribution in [0.4, 0.5) is 14.5 Å². The zero-order valence-electron chi connectivity index (χ0n) is 9.29. The molecule has 0 aromatic heterocycles. The van der Waals surface area contributed by atoms with Gasteiger partial charge in [-0.2, -0.15) is 0 Å². The quantitative estimate of drug-likeness (QED) is 0.785. The van der Waals surface area contributed by atoms with Crippen LogP contribution < -0.4 is 5.32 Å². The minimum absolute atomic E-state index is 0.0272. The van der Waals surface area contributed by atoms with Crippen LogP contribution in [0.2, 0.25) is 0 Å². The molecule has 2 nitrogen and oxygen atoms in total. The summed E-state index contributed by atoms with van der Waals surface area (Å²) < 4.78 is 24.9. The van der Waals surface area contributed by atoms with Gasteiger partial charge in [0.05, 0.1) is 0 Å². The van der Waals surface area contributed by atoms with Crippen molar-refractivity contribution in [3.63, 3.8) is 0 Å². The summed E-state index contributed by atoms with van der Waals surface area (Å²) in [7, 11) is 0. The Labute approximate surface area is 94.3 Å². The van der Waals surface area contributed by atoms with Gasteiger partial charge in [-0.25, -0.2) is 8.78 Å². The molecule has 1 unspecified atom stereocenters. The smallest absolute Gasteiger partial charge is 0.263 e. The molecule has 4 heteroatoms. The topological polar surface area (TPSA) is 32.3 Å². The molecule has 0 saturated heterocycles. The minimum Gasteiger partial charge on any atom is -0.396 e. The summed E-state index contributed by atoms with van der Waals surface area (Å²) in [5, 5.41) is 11.8. The molecule has 0 spiro atoms. The van der Waals surface area contributed by atoms with Crippen molar-refractivity contribution in [1.82, 2.24) is 0 Å². The third kappa shape index (κ3) is 4.14. The van der Waals surface area contributed by atoms with Gasteiger partial charge in [0.15, 0.2) is 0 Å². The SMILES string of the molecule is CC(CCCO)Nc1cccc(C(F)F)c1. The summed E-state index contributed by atoms with van der Waals surface area (Å²) >= 11 is 0. The summed E-state index contributed by atoms with van der Waals surface area (Å²) in [6.45, 7) is 2.12. The van der Waals surface area contributed by atoms with E-state index in [1.807, 2.05) is 6.92 Å². The summed E-state index contributed by atoms with van der Waals surface area (Å²) in [4.78, 5) is 0. The number of hydrogen-bond acceptors (Lipinski definition) is 2. The Bertz CT molecular complexity index is 318. The molecule has 0 aliphatic rings. The maximum atomic E-state index is 12.4. The maximum absolute atomic E-state index is 12.4. The van der Waals surface area contributed by atoms with Crippen molar-refractivity contribution in [3.8, 4) is 0 Å². The Morgan fingerprint density at radius 3 is 2.75 bits per heavy atom. The average Bonchev–Trinajstić information content (AvgIpc) is 2.26. The molecule has 0 aliphatic carbocycles. The number of hydrogen-bond donors (Lipinski definition) is 2. The zero-order valence-corrected chi connectivity index (χ0v) is 9.29. The third-order valence-corrected chi connectivity index (χ3v) is 2.35. The molecule has 2 N–H and O–H groups in total.